The lowest BCUT2D eigenvalue weighted by molar-refractivity contribution is 0.728. The van der Waals surface area contributed by atoms with Crippen LogP contribution in [0.15, 0.2) is 12.7 Å². The third kappa shape index (κ3) is 2.74. The first kappa shape index (κ1) is 12.3. The van der Waals surface area contributed by atoms with Crippen molar-refractivity contribution >= 4 is 32.9 Å². The van der Waals surface area contributed by atoms with Crippen LogP contribution in [0.3, 0.4) is 0 Å². The van der Waals surface area contributed by atoms with E-state index in [0.717, 1.165) is 41.8 Å². The molecule has 0 saturated carbocycles. The fourth-order valence-corrected chi connectivity index (χ4v) is 2.19. The van der Waals surface area contributed by atoms with Crippen molar-refractivity contribution < 1.29 is 0 Å². The maximum atomic E-state index is 4.37. The summed E-state index contributed by atoms with van der Waals surface area (Å²) in [6, 6.07) is 0. The van der Waals surface area contributed by atoms with Crippen LogP contribution in [0, 0.1) is 0 Å². The highest BCUT2D eigenvalue weighted by molar-refractivity contribution is 9.09. The summed E-state index contributed by atoms with van der Waals surface area (Å²) >= 11 is 3.48. The molecule has 0 amide bonds. The third-order valence-corrected chi connectivity index (χ3v) is 2.99. The van der Waals surface area contributed by atoms with E-state index in [-0.39, 0.29) is 0 Å². The highest BCUT2D eigenvalue weighted by Crippen LogP contribution is 2.19. The monoisotopic (exact) mass is 297 g/mol. The molecule has 0 spiro atoms. The average Bonchev–Trinajstić information content (AvgIpc) is 2.82. The molecule has 0 fully saturated rings. The lowest BCUT2D eigenvalue weighted by atomic mass is 10.3. The summed E-state index contributed by atoms with van der Waals surface area (Å²) in [5, 5.41) is 0.927. The van der Waals surface area contributed by atoms with E-state index in [9.17, 15) is 0 Å². The number of hydrogen-bond acceptors (Lipinski definition) is 4. The van der Waals surface area contributed by atoms with E-state index in [1.807, 2.05) is 0 Å². The molecular weight excluding hydrogens is 282 g/mol. The molecular formula is C11H16BrN5. The molecule has 0 aromatic carbocycles. The minimum absolute atomic E-state index is 0.728. The molecule has 0 aliphatic rings. The summed E-state index contributed by atoms with van der Waals surface area (Å²) in [5.74, 6) is 0.945. The van der Waals surface area contributed by atoms with E-state index in [4.69, 9.17) is 0 Å². The Kier molecular flexibility index (Phi) is 4.30. The largest absolute Gasteiger partial charge is 0.354 e. The molecule has 92 valence electrons. The Morgan fingerprint density at radius 1 is 1.29 bits per heavy atom. The maximum Gasteiger partial charge on any atom is 0.182 e. The van der Waals surface area contributed by atoms with Crippen LogP contribution in [0.2, 0.25) is 0 Å². The van der Waals surface area contributed by atoms with Gasteiger partial charge in [-0.15, -0.1) is 0 Å². The molecule has 17 heavy (non-hydrogen) atoms. The number of nitrogens with zero attached hydrogens (tertiary/aromatic N) is 4. The van der Waals surface area contributed by atoms with Crippen LogP contribution in [-0.2, 0) is 0 Å². The lowest BCUT2D eigenvalue weighted by Gasteiger charge is -2.22. The van der Waals surface area contributed by atoms with Crippen LogP contribution in [0.4, 0.5) is 5.82 Å². The van der Waals surface area contributed by atoms with Crippen LogP contribution in [0.1, 0.15) is 19.8 Å². The summed E-state index contributed by atoms with van der Waals surface area (Å²) in [6.07, 6.45) is 5.57. The number of nitrogens with one attached hydrogen (secondary N) is 1. The Balaban J connectivity index is 2.30. The van der Waals surface area contributed by atoms with Crippen molar-refractivity contribution in [1.82, 2.24) is 19.9 Å². The topological polar surface area (TPSA) is 57.7 Å². The normalized spacial score (nSPS) is 10.9. The molecule has 0 saturated heterocycles. The van der Waals surface area contributed by atoms with Crippen LogP contribution in [-0.4, -0.2) is 38.4 Å². The minimum atomic E-state index is 0.728. The second kappa shape index (κ2) is 5.95. The van der Waals surface area contributed by atoms with Gasteiger partial charge in [0.05, 0.1) is 6.33 Å². The van der Waals surface area contributed by atoms with Gasteiger partial charge in [0, 0.05) is 18.4 Å². The van der Waals surface area contributed by atoms with Gasteiger partial charge in [0.25, 0.3) is 0 Å². The molecule has 2 heterocycles. The standard InChI is InChI=1S/C11H16BrN5/c1-2-3-5-17(6-4-12)11-9-10(14-7-13-9)15-8-16-11/h7-8H,2-6H2,1H3,(H,13,14,15,16). The number of aromatic amines is 1. The summed E-state index contributed by atoms with van der Waals surface area (Å²) in [6.45, 7) is 4.14. The summed E-state index contributed by atoms with van der Waals surface area (Å²) in [7, 11) is 0. The average molecular weight is 298 g/mol. The second-order valence-corrected chi connectivity index (χ2v) is 4.62. The zero-order valence-electron chi connectivity index (χ0n) is 9.86. The molecule has 0 bridgehead atoms. The van der Waals surface area contributed by atoms with Gasteiger partial charge in [-0.25, -0.2) is 15.0 Å². The Morgan fingerprint density at radius 2 is 2.18 bits per heavy atom. The Hall–Kier alpha value is -1.17. The van der Waals surface area contributed by atoms with E-state index in [1.54, 1.807) is 12.7 Å². The van der Waals surface area contributed by atoms with Gasteiger partial charge in [-0.3, -0.25) is 0 Å². The van der Waals surface area contributed by atoms with Gasteiger partial charge in [0.15, 0.2) is 11.5 Å². The molecule has 2 aromatic heterocycles. The van der Waals surface area contributed by atoms with Gasteiger partial charge in [-0.1, -0.05) is 29.3 Å². The van der Waals surface area contributed by atoms with Crippen molar-refractivity contribution in [1.29, 1.82) is 0 Å². The van der Waals surface area contributed by atoms with Crippen LogP contribution in [0.25, 0.3) is 11.2 Å². The first-order valence-electron chi connectivity index (χ1n) is 5.81. The SMILES string of the molecule is CCCCN(CCBr)c1ncnc2nc[nH]c12. The fourth-order valence-electron chi connectivity index (χ4n) is 1.77. The molecule has 0 unspecified atom stereocenters. The van der Waals surface area contributed by atoms with Crippen LogP contribution >= 0.6 is 15.9 Å². The van der Waals surface area contributed by atoms with Gasteiger partial charge in [0.2, 0.25) is 0 Å². The molecule has 0 radical (unpaired) electrons. The van der Waals surface area contributed by atoms with Crippen molar-refractivity contribution in [2.75, 3.05) is 23.3 Å². The molecule has 5 nitrogen and oxygen atoms in total. The van der Waals surface area contributed by atoms with Crippen LogP contribution < -0.4 is 4.90 Å². The molecule has 2 rings (SSSR count). The Labute approximate surface area is 109 Å². The van der Waals surface area contributed by atoms with E-state index < -0.39 is 0 Å². The number of fused-ring (bicyclic) bond motifs is 1. The first-order chi connectivity index (χ1) is 8.36. The van der Waals surface area contributed by atoms with Crippen molar-refractivity contribution in [3.63, 3.8) is 0 Å². The number of unbranched alkanes of at least 4 members (excludes halogenated alkanes) is 1. The minimum Gasteiger partial charge on any atom is -0.354 e. The van der Waals surface area contributed by atoms with Crippen LogP contribution in [0.5, 0.6) is 0 Å². The second-order valence-electron chi connectivity index (χ2n) is 3.83. The van der Waals surface area contributed by atoms with Gasteiger partial charge < -0.3 is 9.88 Å². The molecule has 0 atom stereocenters. The van der Waals surface area contributed by atoms with Crippen molar-refractivity contribution in [2.24, 2.45) is 0 Å². The zero-order valence-corrected chi connectivity index (χ0v) is 11.4. The fraction of sp³-hybridized carbons (Fsp3) is 0.545. The van der Waals surface area contributed by atoms with E-state index in [1.165, 1.54) is 6.42 Å². The number of alkyl halides is 1. The number of aromatic nitrogens is 4. The Bertz CT molecular complexity index is 470. The molecule has 0 aliphatic heterocycles. The number of H-pyrrole nitrogens is 1. The molecule has 0 aliphatic carbocycles. The van der Waals surface area contributed by atoms with E-state index in [2.05, 4.69) is 47.7 Å². The van der Waals surface area contributed by atoms with Crippen molar-refractivity contribution in [2.45, 2.75) is 19.8 Å². The number of imidazole rings is 1. The maximum absolute atomic E-state index is 4.37. The summed E-state index contributed by atoms with van der Waals surface area (Å²) in [5.41, 5.74) is 1.65. The van der Waals surface area contributed by atoms with Gasteiger partial charge in [-0.2, -0.15) is 0 Å². The van der Waals surface area contributed by atoms with Gasteiger partial charge in [0.1, 0.15) is 11.8 Å². The van der Waals surface area contributed by atoms with Gasteiger partial charge >= 0.3 is 0 Å². The number of rotatable bonds is 6. The third-order valence-electron chi connectivity index (χ3n) is 2.64. The molecule has 1 N–H and O–H groups in total. The van der Waals surface area contributed by atoms with Crippen molar-refractivity contribution in [3.05, 3.63) is 12.7 Å². The predicted molar refractivity (Wildman–Crippen MR) is 72.6 cm³/mol. The number of anilines is 1. The number of hydrogen-bond donors (Lipinski definition) is 1. The quantitative estimate of drug-likeness (QED) is 0.832. The Morgan fingerprint density at radius 3 is 2.94 bits per heavy atom. The van der Waals surface area contributed by atoms with Gasteiger partial charge in [-0.05, 0) is 6.42 Å². The highest BCUT2D eigenvalue weighted by Gasteiger charge is 2.12. The molecule has 2 aromatic rings. The predicted octanol–water partition coefficient (Wildman–Crippen LogP) is 2.35. The lowest BCUT2D eigenvalue weighted by Crippen LogP contribution is -2.27. The first-order valence-corrected chi connectivity index (χ1v) is 6.94. The smallest absolute Gasteiger partial charge is 0.182 e. The van der Waals surface area contributed by atoms with Crippen molar-refractivity contribution in [3.8, 4) is 0 Å². The molecule has 6 heteroatoms. The number of halogens is 1. The van der Waals surface area contributed by atoms with E-state index in [0.29, 0.717) is 0 Å². The highest BCUT2D eigenvalue weighted by atomic mass is 79.9. The van der Waals surface area contributed by atoms with E-state index >= 15 is 0 Å². The summed E-state index contributed by atoms with van der Waals surface area (Å²) < 4.78 is 0. The zero-order chi connectivity index (χ0) is 12.1. The summed E-state index contributed by atoms with van der Waals surface area (Å²) in [4.78, 5) is 18.0.